The monoisotopic (exact) mass is 381 g/mol. The SMILES string of the molecule is CCC(N)Cc1ccc(Oc2cccc(I)c2)cc1C. The molecule has 1 atom stereocenters. The van der Waals surface area contributed by atoms with Crippen LogP contribution in [0.3, 0.4) is 0 Å². The van der Waals surface area contributed by atoms with E-state index in [0.717, 1.165) is 24.3 Å². The third-order valence-corrected chi connectivity index (χ3v) is 4.02. The fourth-order valence-corrected chi connectivity index (χ4v) is 2.57. The van der Waals surface area contributed by atoms with Crippen molar-refractivity contribution in [3.63, 3.8) is 0 Å². The number of aryl methyl sites for hydroxylation is 1. The van der Waals surface area contributed by atoms with Crippen molar-refractivity contribution in [2.45, 2.75) is 32.7 Å². The van der Waals surface area contributed by atoms with Gasteiger partial charge in [-0.2, -0.15) is 0 Å². The van der Waals surface area contributed by atoms with Crippen LogP contribution in [0.4, 0.5) is 0 Å². The van der Waals surface area contributed by atoms with E-state index in [1.807, 2.05) is 30.3 Å². The first-order chi connectivity index (χ1) is 9.58. The molecule has 2 aromatic carbocycles. The van der Waals surface area contributed by atoms with E-state index >= 15 is 0 Å². The van der Waals surface area contributed by atoms with E-state index in [4.69, 9.17) is 10.5 Å². The molecular weight excluding hydrogens is 361 g/mol. The molecule has 0 radical (unpaired) electrons. The lowest BCUT2D eigenvalue weighted by Gasteiger charge is -2.13. The molecule has 0 heterocycles. The van der Waals surface area contributed by atoms with Crippen molar-refractivity contribution in [1.29, 1.82) is 0 Å². The van der Waals surface area contributed by atoms with Gasteiger partial charge in [0.15, 0.2) is 0 Å². The van der Waals surface area contributed by atoms with Crippen molar-refractivity contribution in [2.24, 2.45) is 5.73 Å². The van der Waals surface area contributed by atoms with E-state index in [-0.39, 0.29) is 6.04 Å². The third-order valence-electron chi connectivity index (χ3n) is 3.35. The molecule has 2 aromatic rings. The fourth-order valence-electron chi connectivity index (χ4n) is 2.05. The van der Waals surface area contributed by atoms with E-state index in [9.17, 15) is 0 Å². The van der Waals surface area contributed by atoms with E-state index in [0.29, 0.717) is 0 Å². The van der Waals surface area contributed by atoms with Crippen LogP contribution in [0.5, 0.6) is 11.5 Å². The van der Waals surface area contributed by atoms with E-state index in [1.54, 1.807) is 0 Å². The molecule has 0 fully saturated rings. The van der Waals surface area contributed by atoms with Crippen LogP contribution in [-0.2, 0) is 6.42 Å². The minimum atomic E-state index is 0.233. The highest BCUT2D eigenvalue weighted by atomic mass is 127. The van der Waals surface area contributed by atoms with E-state index < -0.39 is 0 Å². The lowest BCUT2D eigenvalue weighted by Crippen LogP contribution is -2.21. The second-order valence-electron chi connectivity index (χ2n) is 5.02. The molecule has 1 unspecified atom stereocenters. The van der Waals surface area contributed by atoms with E-state index in [2.05, 4.69) is 48.6 Å². The summed E-state index contributed by atoms with van der Waals surface area (Å²) in [6.45, 7) is 4.23. The summed E-state index contributed by atoms with van der Waals surface area (Å²) in [5.74, 6) is 1.74. The zero-order chi connectivity index (χ0) is 14.5. The van der Waals surface area contributed by atoms with Gasteiger partial charge in [-0.25, -0.2) is 0 Å². The second kappa shape index (κ2) is 7.09. The van der Waals surface area contributed by atoms with Crippen molar-refractivity contribution in [3.8, 4) is 11.5 Å². The fraction of sp³-hybridized carbons (Fsp3) is 0.294. The predicted molar refractivity (Wildman–Crippen MR) is 92.4 cm³/mol. The maximum absolute atomic E-state index is 6.02. The Hall–Kier alpha value is -1.07. The second-order valence-corrected chi connectivity index (χ2v) is 6.27. The molecule has 0 bridgehead atoms. The Morgan fingerprint density at radius 1 is 1.15 bits per heavy atom. The molecule has 20 heavy (non-hydrogen) atoms. The van der Waals surface area contributed by atoms with Crippen LogP contribution in [0.25, 0.3) is 0 Å². The van der Waals surface area contributed by atoms with Crippen LogP contribution < -0.4 is 10.5 Å². The molecule has 0 aliphatic carbocycles. The summed E-state index contributed by atoms with van der Waals surface area (Å²) in [6, 6.07) is 14.5. The Morgan fingerprint density at radius 3 is 2.55 bits per heavy atom. The first-order valence-electron chi connectivity index (χ1n) is 6.87. The van der Waals surface area contributed by atoms with Gasteiger partial charge in [-0.15, -0.1) is 0 Å². The highest BCUT2D eigenvalue weighted by Crippen LogP contribution is 2.25. The number of ether oxygens (including phenoxy) is 1. The number of hydrogen-bond acceptors (Lipinski definition) is 2. The Bertz CT molecular complexity index is 583. The minimum absolute atomic E-state index is 0.233. The molecule has 2 rings (SSSR count). The molecule has 0 aliphatic heterocycles. The zero-order valence-electron chi connectivity index (χ0n) is 11.9. The highest BCUT2D eigenvalue weighted by molar-refractivity contribution is 14.1. The van der Waals surface area contributed by atoms with Gasteiger partial charge in [0.25, 0.3) is 0 Å². The van der Waals surface area contributed by atoms with Gasteiger partial charge in [0.2, 0.25) is 0 Å². The summed E-state index contributed by atoms with van der Waals surface area (Å²) in [7, 11) is 0. The zero-order valence-corrected chi connectivity index (χ0v) is 14.1. The van der Waals surface area contributed by atoms with Gasteiger partial charge in [0.1, 0.15) is 11.5 Å². The van der Waals surface area contributed by atoms with Gasteiger partial charge in [-0.3, -0.25) is 0 Å². The molecule has 0 saturated carbocycles. The maximum Gasteiger partial charge on any atom is 0.128 e. The van der Waals surface area contributed by atoms with Gasteiger partial charge in [0, 0.05) is 9.61 Å². The molecule has 0 aliphatic rings. The minimum Gasteiger partial charge on any atom is -0.457 e. The van der Waals surface area contributed by atoms with E-state index in [1.165, 1.54) is 14.7 Å². The Morgan fingerprint density at radius 2 is 1.90 bits per heavy atom. The molecule has 0 saturated heterocycles. The maximum atomic E-state index is 6.02. The number of nitrogens with two attached hydrogens (primary N) is 1. The van der Waals surface area contributed by atoms with Crippen molar-refractivity contribution in [1.82, 2.24) is 0 Å². The van der Waals surface area contributed by atoms with Crippen LogP contribution in [0.2, 0.25) is 0 Å². The Kier molecular flexibility index (Phi) is 5.43. The van der Waals surface area contributed by atoms with Gasteiger partial charge in [-0.05, 0) is 83.8 Å². The van der Waals surface area contributed by atoms with Crippen molar-refractivity contribution < 1.29 is 4.74 Å². The topological polar surface area (TPSA) is 35.2 Å². The van der Waals surface area contributed by atoms with Crippen LogP contribution >= 0.6 is 22.6 Å². The smallest absolute Gasteiger partial charge is 0.128 e. The summed E-state index contributed by atoms with van der Waals surface area (Å²) in [4.78, 5) is 0. The summed E-state index contributed by atoms with van der Waals surface area (Å²) in [5.41, 5.74) is 8.55. The lowest BCUT2D eigenvalue weighted by atomic mass is 10.00. The van der Waals surface area contributed by atoms with Gasteiger partial charge in [-0.1, -0.05) is 19.1 Å². The first kappa shape index (κ1) is 15.3. The van der Waals surface area contributed by atoms with Crippen molar-refractivity contribution >= 4 is 22.6 Å². The summed E-state index contributed by atoms with van der Waals surface area (Å²) in [5, 5.41) is 0. The number of halogens is 1. The van der Waals surface area contributed by atoms with Crippen LogP contribution in [0.1, 0.15) is 24.5 Å². The van der Waals surface area contributed by atoms with Gasteiger partial charge < -0.3 is 10.5 Å². The summed E-state index contributed by atoms with van der Waals surface area (Å²) < 4.78 is 7.06. The van der Waals surface area contributed by atoms with Gasteiger partial charge >= 0.3 is 0 Å². The Balaban J connectivity index is 2.13. The normalized spacial score (nSPS) is 12.2. The number of hydrogen-bond donors (Lipinski definition) is 1. The summed E-state index contributed by atoms with van der Waals surface area (Å²) in [6.07, 6.45) is 1.92. The molecule has 3 heteroatoms. The molecule has 0 amide bonds. The number of rotatable bonds is 5. The summed E-state index contributed by atoms with van der Waals surface area (Å²) >= 11 is 2.28. The average molecular weight is 381 g/mol. The van der Waals surface area contributed by atoms with Crippen molar-refractivity contribution in [3.05, 3.63) is 57.2 Å². The predicted octanol–water partition coefficient (Wildman–Crippen LogP) is 4.67. The quantitative estimate of drug-likeness (QED) is 0.764. The Labute approximate surface area is 134 Å². The largest absolute Gasteiger partial charge is 0.457 e. The standard InChI is InChI=1S/C17H20INO/c1-3-15(19)10-13-7-8-17(9-12(13)2)20-16-6-4-5-14(18)11-16/h4-9,11,15H,3,10,19H2,1-2H3. The highest BCUT2D eigenvalue weighted by Gasteiger charge is 2.06. The van der Waals surface area contributed by atoms with Crippen LogP contribution in [0, 0.1) is 10.5 Å². The van der Waals surface area contributed by atoms with Crippen LogP contribution in [0.15, 0.2) is 42.5 Å². The molecule has 0 aromatic heterocycles. The van der Waals surface area contributed by atoms with Crippen molar-refractivity contribution in [2.75, 3.05) is 0 Å². The molecule has 0 spiro atoms. The average Bonchev–Trinajstić information content (AvgIpc) is 2.41. The molecular formula is C17H20INO. The molecule has 2 nitrogen and oxygen atoms in total. The van der Waals surface area contributed by atoms with Gasteiger partial charge in [0.05, 0.1) is 0 Å². The third kappa shape index (κ3) is 4.21. The van der Waals surface area contributed by atoms with Crippen LogP contribution in [-0.4, -0.2) is 6.04 Å². The molecule has 106 valence electrons. The molecule has 2 N–H and O–H groups in total. The lowest BCUT2D eigenvalue weighted by molar-refractivity contribution is 0.481. The first-order valence-corrected chi connectivity index (χ1v) is 7.95. The number of benzene rings is 2.